The molecule has 7 nitrogen and oxygen atoms in total. The summed E-state index contributed by atoms with van der Waals surface area (Å²) in [5, 5.41) is 0. The highest BCUT2D eigenvalue weighted by Crippen LogP contribution is 2.31. The Morgan fingerprint density at radius 2 is 1.91 bits per heavy atom. The Hall–Kier alpha value is -3.22. The van der Waals surface area contributed by atoms with Crippen molar-refractivity contribution in [3.8, 4) is 16.9 Å². The van der Waals surface area contributed by atoms with Crippen molar-refractivity contribution in [2.45, 2.75) is 44.9 Å². The number of carbonyl (C=O) groups excluding carboxylic acids is 3. The van der Waals surface area contributed by atoms with Gasteiger partial charge in [-0.25, -0.2) is 0 Å². The number of likely N-dealkylation sites (tertiary alicyclic amines) is 2. The number of amides is 3. The fraction of sp³-hybridized carbons (Fsp3) is 0.440. The number of benzene rings is 1. The molecule has 1 aromatic heterocycles. The average Bonchev–Trinajstić information content (AvgIpc) is 3.14. The van der Waals surface area contributed by atoms with Crippen molar-refractivity contribution < 1.29 is 19.1 Å². The lowest BCUT2D eigenvalue weighted by Gasteiger charge is -2.33. The minimum Gasteiger partial charge on any atom is -0.497 e. The Bertz CT molecular complexity index is 1020. The maximum atomic E-state index is 12.8. The van der Waals surface area contributed by atoms with E-state index < -0.39 is 0 Å². The van der Waals surface area contributed by atoms with Crippen molar-refractivity contribution in [2.75, 3.05) is 26.7 Å². The van der Waals surface area contributed by atoms with Gasteiger partial charge >= 0.3 is 0 Å². The average molecular weight is 436 g/mol. The second-order valence-electron chi connectivity index (χ2n) is 8.52. The Morgan fingerprint density at radius 1 is 1.12 bits per heavy atom. The van der Waals surface area contributed by atoms with Gasteiger partial charge in [0.1, 0.15) is 5.75 Å². The van der Waals surface area contributed by atoms with Crippen molar-refractivity contribution in [3.63, 3.8) is 0 Å². The van der Waals surface area contributed by atoms with Crippen LogP contribution in [0.5, 0.6) is 5.75 Å². The topological polar surface area (TPSA) is 79.8 Å². The standard InChI is InChI=1S/C25H29N3O4/c1-17-13-20(18-5-3-7-21(14-18)32-2)15-22(26-17)19-6-4-11-27(16-19)23(29)10-12-28-24(30)8-9-25(28)31/h3,5,7,13-15,19H,4,6,8-12,16H2,1-2H3/t19-/m1/s1. The van der Waals surface area contributed by atoms with Crippen LogP contribution in [-0.4, -0.2) is 59.2 Å². The van der Waals surface area contributed by atoms with Crippen LogP contribution in [-0.2, 0) is 14.4 Å². The molecule has 1 aromatic carbocycles. The molecule has 0 spiro atoms. The van der Waals surface area contributed by atoms with E-state index in [9.17, 15) is 14.4 Å². The van der Waals surface area contributed by atoms with Crippen molar-refractivity contribution in [1.82, 2.24) is 14.8 Å². The maximum Gasteiger partial charge on any atom is 0.229 e. The molecule has 0 unspecified atom stereocenters. The number of pyridine rings is 1. The van der Waals surface area contributed by atoms with E-state index in [4.69, 9.17) is 9.72 Å². The summed E-state index contributed by atoms with van der Waals surface area (Å²) < 4.78 is 5.36. The van der Waals surface area contributed by atoms with Crippen LogP contribution in [0.2, 0.25) is 0 Å². The molecule has 2 aliphatic rings. The number of aryl methyl sites for hydroxylation is 1. The first-order valence-corrected chi connectivity index (χ1v) is 11.2. The molecule has 1 atom stereocenters. The molecule has 32 heavy (non-hydrogen) atoms. The zero-order valence-corrected chi connectivity index (χ0v) is 18.7. The van der Waals surface area contributed by atoms with E-state index in [-0.39, 0.29) is 49.4 Å². The molecular weight excluding hydrogens is 406 g/mol. The largest absolute Gasteiger partial charge is 0.497 e. The summed E-state index contributed by atoms with van der Waals surface area (Å²) in [7, 11) is 1.66. The minimum atomic E-state index is -0.173. The molecule has 2 fully saturated rings. The van der Waals surface area contributed by atoms with E-state index in [1.54, 1.807) is 7.11 Å². The number of ether oxygens (including phenoxy) is 1. The SMILES string of the molecule is COc1cccc(-c2cc(C)nc([C@@H]3CCCN(C(=O)CCN4C(=O)CCC4=O)C3)c2)c1. The molecule has 2 saturated heterocycles. The third-order valence-corrected chi connectivity index (χ3v) is 6.27. The van der Waals surface area contributed by atoms with E-state index in [0.717, 1.165) is 41.1 Å². The van der Waals surface area contributed by atoms with Gasteiger partial charge in [0.05, 0.1) is 7.11 Å². The molecule has 168 valence electrons. The first-order valence-electron chi connectivity index (χ1n) is 11.2. The molecule has 4 rings (SSSR count). The fourth-order valence-electron chi connectivity index (χ4n) is 4.56. The van der Waals surface area contributed by atoms with E-state index in [1.165, 1.54) is 4.90 Å². The highest BCUT2D eigenvalue weighted by Gasteiger charge is 2.31. The van der Waals surface area contributed by atoms with E-state index in [0.29, 0.717) is 13.1 Å². The smallest absolute Gasteiger partial charge is 0.229 e. The number of methoxy groups -OCH3 is 1. The number of aromatic nitrogens is 1. The van der Waals surface area contributed by atoms with Gasteiger partial charge < -0.3 is 9.64 Å². The van der Waals surface area contributed by atoms with Crippen LogP contribution in [0, 0.1) is 6.92 Å². The van der Waals surface area contributed by atoms with Crippen molar-refractivity contribution >= 4 is 17.7 Å². The van der Waals surface area contributed by atoms with Crippen molar-refractivity contribution in [1.29, 1.82) is 0 Å². The molecule has 2 aliphatic heterocycles. The van der Waals surface area contributed by atoms with Crippen LogP contribution >= 0.6 is 0 Å². The Kier molecular flexibility index (Phi) is 6.53. The lowest BCUT2D eigenvalue weighted by atomic mass is 9.92. The van der Waals surface area contributed by atoms with Gasteiger partial charge in [0.25, 0.3) is 0 Å². The zero-order valence-electron chi connectivity index (χ0n) is 18.7. The quantitative estimate of drug-likeness (QED) is 0.651. The molecule has 0 N–H and O–H groups in total. The molecule has 2 aromatic rings. The van der Waals surface area contributed by atoms with Gasteiger partial charge in [-0.1, -0.05) is 12.1 Å². The molecule has 0 radical (unpaired) electrons. The lowest BCUT2D eigenvalue weighted by Crippen LogP contribution is -2.41. The monoisotopic (exact) mass is 435 g/mol. The molecule has 0 bridgehead atoms. The number of rotatable bonds is 6. The van der Waals surface area contributed by atoms with Gasteiger partial charge in [-0.15, -0.1) is 0 Å². The van der Waals surface area contributed by atoms with Gasteiger partial charge in [-0.3, -0.25) is 24.3 Å². The third-order valence-electron chi connectivity index (χ3n) is 6.27. The van der Waals surface area contributed by atoms with Gasteiger partial charge in [0.15, 0.2) is 0 Å². The van der Waals surface area contributed by atoms with Crippen LogP contribution in [0.4, 0.5) is 0 Å². The first-order chi connectivity index (χ1) is 15.4. The van der Waals surface area contributed by atoms with Crippen LogP contribution in [0.3, 0.4) is 0 Å². The fourth-order valence-corrected chi connectivity index (χ4v) is 4.56. The number of hydrogen-bond acceptors (Lipinski definition) is 5. The summed E-state index contributed by atoms with van der Waals surface area (Å²) in [5.74, 6) is 0.611. The van der Waals surface area contributed by atoms with Gasteiger partial charge in [0.2, 0.25) is 17.7 Å². The third kappa shape index (κ3) is 4.82. The zero-order chi connectivity index (χ0) is 22.7. The van der Waals surface area contributed by atoms with Crippen LogP contribution < -0.4 is 4.74 Å². The molecule has 7 heteroatoms. The highest BCUT2D eigenvalue weighted by molar-refractivity contribution is 6.02. The second-order valence-corrected chi connectivity index (χ2v) is 8.52. The summed E-state index contributed by atoms with van der Waals surface area (Å²) in [6.45, 7) is 3.48. The summed E-state index contributed by atoms with van der Waals surface area (Å²) >= 11 is 0. The minimum absolute atomic E-state index is 0.0112. The number of imide groups is 1. The van der Waals surface area contributed by atoms with Crippen molar-refractivity contribution in [3.05, 3.63) is 47.8 Å². The number of nitrogens with zero attached hydrogens (tertiary/aromatic N) is 3. The Balaban J connectivity index is 1.45. The van der Waals surface area contributed by atoms with Gasteiger partial charge in [0, 0.05) is 56.2 Å². The Labute approximate surface area is 188 Å². The predicted molar refractivity (Wildman–Crippen MR) is 120 cm³/mol. The summed E-state index contributed by atoms with van der Waals surface area (Å²) in [4.78, 5) is 44.3. The normalized spacial score (nSPS) is 18.9. The molecule has 3 heterocycles. The highest BCUT2D eigenvalue weighted by atomic mass is 16.5. The molecule has 0 aliphatic carbocycles. The van der Waals surface area contributed by atoms with E-state index in [1.807, 2.05) is 30.0 Å². The van der Waals surface area contributed by atoms with E-state index in [2.05, 4.69) is 18.2 Å². The molecule has 3 amide bonds. The molecular formula is C25H29N3O4. The maximum absolute atomic E-state index is 12.8. The number of piperidine rings is 1. The summed E-state index contributed by atoms with van der Waals surface area (Å²) in [5.41, 5.74) is 4.08. The van der Waals surface area contributed by atoms with Gasteiger partial charge in [-0.05, 0) is 55.2 Å². The van der Waals surface area contributed by atoms with Crippen LogP contribution in [0.1, 0.15) is 49.4 Å². The van der Waals surface area contributed by atoms with Crippen LogP contribution in [0.15, 0.2) is 36.4 Å². The van der Waals surface area contributed by atoms with Gasteiger partial charge in [-0.2, -0.15) is 0 Å². The Morgan fingerprint density at radius 3 is 2.66 bits per heavy atom. The van der Waals surface area contributed by atoms with Crippen LogP contribution in [0.25, 0.3) is 11.1 Å². The lowest BCUT2D eigenvalue weighted by molar-refractivity contribution is -0.139. The predicted octanol–water partition coefficient (Wildman–Crippen LogP) is 3.31. The number of hydrogen-bond donors (Lipinski definition) is 0. The first kappa shape index (κ1) is 22.0. The molecule has 0 saturated carbocycles. The summed E-state index contributed by atoms with van der Waals surface area (Å²) in [6, 6.07) is 12.1. The summed E-state index contributed by atoms with van der Waals surface area (Å²) in [6.07, 6.45) is 2.57. The second kappa shape index (κ2) is 9.51. The van der Waals surface area contributed by atoms with E-state index >= 15 is 0 Å². The van der Waals surface area contributed by atoms with Crippen molar-refractivity contribution in [2.24, 2.45) is 0 Å². The number of carbonyl (C=O) groups is 3.